The predicted molar refractivity (Wildman–Crippen MR) is 46.4 cm³/mol. The highest BCUT2D eigenvalue weighted by Gasteiger charge is 2.07. The lowest BCUT2D eigenvalue weighted by molar-refractivity contribution is 0.107. The highest BCUT2D eigenvalue weighted by molar-refractivity contribution is 9.13. The van der Waals surface area contributed by atoms with Gasteiger partial charge in [-0.15, -0.1) is 0 Å². The lowest BCUT2D eigenvalue weighted by Crippen LogP contribution is -1.86. The number of nitrogens with one attached hydrogen (secondary N) is 1. The van der Waals surface area contributed by atoms with Crippen molar-refractivity contribution in [2.75, 3.05) is 0 Å². The Morgan fingerprint density at radius 1 is 1.60 bits per heavy atom. The van der Waals surface area contributed by atoms with Crippen molar-refractivity contribution in [3.8, 4) is 0 Å². The lowest BCUT2D eigenvalue weighted by atomic mass is 10.5. The summed E-state index contributed by atoms with van der Waals surface area (Å²) in [7, 11) is 0. The van der Waals surface area contributed by atoms with Gasteiger partial charge in [-0.05, 0) is 49.5 Å². The molecule has 0 spiro atoms. The molecule has 0 aromatic carbocycles. The van der Waals surface area contributed by atoms with Gasteiger partial charge in [0.15, 0.2) is 0 Å². The number of hydrogen-bond donors (Lipinski definition) is 1. The maximum absolute atomic E-state index is 10.5. The fourth-order valence-electron chi connectivity index (χ4n) is 0.510. The molecule has 0 amide bonds. The molecular weight excluding hydrogens is 285 g/mol. The molecule has 1 N–H and O–H groups in total. The van der Waals surface area contributed by atoms with E-state index in [2.05, 4.69) is 36.8 Å². The van der Waals surface area contributed by atoms with Gasteiger partial charge in [-0.1, -0.05) is 0 Å². The van der Waals surface area contributed by atoms with Gasteiger partial charge in [-0.3, -0.25) is 4.79 Å². The fourth-order valence-corrected chi connectivity index (χ4v) is 1.27. The summed E-state index contributed by atoms with van der Waals surface area (Å²) in [5, 5.41) is -0.494. The Morgan fingerprint density at radius 3 is 2.40 bits per heavy atom. The van der Waals surface area contributed by atoms with E-state index < -0.39 is 5.24 Å². The van der Waals surface area contributed by atoms with Crippen LogP contribution < -0.4 is 0 Å². The summed E-state index contributed by atoms with van der Waals surface area (Å²) in [4.78, 5) is 13.2. The van der Waals surface area contributed by atoms with Gasteiger partial charge in [0.1, 0.15) is 5.69 Å². The molecule has 0 saturated heterocycles. The third-order valence-electron chi connectivity index (χ3n) is 0.937. The molecule has 10 heavy (non-hydrogen) atoms. The van der Waals surface area contributed by atoms with Crippen LogP contribution in [0.4, 0.5) is 0 Å². The Kier molecular flexibility index (Phi) is 2.55. The summed E-state index contributed by atoms with van der Waals surface area (Å²) in [5.74, 6) is 0. The topological polar surface area (TPSA) is 32.9 Å². The second-order valence-electron chi connectivity index (χ2n) is 1.62. The van der Waals surface area contributed by atoms with Crippen LogP contribution in [0, 0.1) is 0 Å². The first-order valence-electron chi connectivity index (χ1n) is 2.35. The van der Waals surface area contributed by atoms with Crippen LogP contribution in [0.3, 0.4) is 0 Å². The van der Waals surface area contributed by atoms with Crippen molar-refractivity contribution in [3.05, 3.63) is 20.8 Å². The molecule has 0 atom stereocenters. The molecule has 0 aliphatic rings. The maximum Gasteiger partial charge on any atom is 0.268 e. The molecule has 1 heterocycles. The standard InChI is InChI=1S/C5H2Br2ClNO/c6-2-1-3(5(8)10)9-4(2)7/h1,9H. The Bertz CT molecular complexity index is 251. The molecule has 1 rings (SSSR count). The summed E-state index contributed by atoms with van der Waals surface area (Å²) in [6, 6.07) is 1.61. The SMILES string of the molecule is O=C(Cl)c1cc(Br)c(Br)[nH]1. The van der Waals surface area contributed by atoms with E-state index in [9.17, 15) is 4.79 Å². The van der Waals surface area contributed by atoms with Crippen LogP contribution in [-0.4, -0.2) is 10.2 Å². The van der Waals surface area contributed by atoms with E-state index in [1.54, 1.807) is 6.07 Å². The highest BCUT2D eigenvalue weighted by Crippen LogP contribution is 2.23. The number of aromatic nitrogens is 1. The van der Waals surface area contributed by atoms with E-state index in [4.69, 9.17) is 11.6 Å². The molecule has 0 aliphatic heterocycles. The Balaban J connectivity index is 3.10. The number of rotatable bonds is 1. The normalized spacial score (nSPS) is 9.90. The van der Waals surface area contributed by atoms with E-state index in [-0.39, 0.29) is 0 Å². The summed E-state index contributed by atoms with van der Waals surface area (Å²) in [5.41, 5.74) is 0.375. The smallest absolute Gasteiger partial charge is 0.268 e. The second kappa shape index (κ2) is 3.07. The summed E-state index contributed by atoms with van der Waals surface area (Å²) < 4.78 is 1.51. The predicted octanol–water partition coefficient (Wildman–Crippen LogP) is 2.92. The van der Waals surface area contributed by atoms with Crippen molar-refractivity contribution in [1.29, 1.82) is 0 Å². The molecule has 5 heteroatoms. The Hall–Kier alpha value is 0.200. The number of hydrogen-bond acceptors (Lipinski definition) is 1. The molecule has 0 radical (unpaired) electrons. The average Bonchev–Trinajstić information content (AvgIpc) is 2.13. The van der Waals surface area contributed by atoms with Crippen LogP contribution in [0.25, 0.3) is 0 Å². The number of H-pyrrole nitrogens is 1. The van der Waals surface area contributed by atoms with Crippen molar-refractivity contribution < 1.29 is 4.79 Å². The zero-order valence-electron chi connectivity index (χ0n) is 4.62. The van der Waals surface area contributed by atoms with Crippen LogP contribution in [0.5, 0.6) is 0 Å². The zero-order valence-corrected chi connectivity index (χ0v) is 8.55. The van der Waals surface area contributed by atoms with E-state index in [0.29, 0.717) is 5.69 Å². The molecule has 1 aromatic rings. The lowest BCUT2D eigenvalue weighted by Gasteiger charge is -1.81. The minimum absolute atomic E-state index is 0.375. The van der Waals surface area contributed by atoms with E-state index >= 15 is 0 Å². The molecule has 0 fully saturated rings. The fraction of sp³-hybridized carbons (Fsp3) is 0. The van der Waals surface area contributed by atoms with Gasteiger partial charge < -0.3 is 4.98 Å². The average molecular weight is 287 g/mol. The molecule has 54 valence electrons. The number of carbonyl (C=O) groups excluding carboxylic acids is 1. The van der Waals surface area contributed by atoms with E-state index in [1.165, 1.54) is 0 Å². The Labute approximate surface area is 79.2 Å². The molecule has 2 nitrogen and oxygen atoms in total. The van der Waals surface area contributed by atoms with Gasteiger partial charge in [0.05, 0.1) is 9.08 Å². The van der Waals surface area contributed by atoms with Crippen LogP contribution in [0.2, 0.25) is 0 Å². The first-order valence-corrected chi connectivity index (χ1v) is 4.31. The molecule has 0 saturated carbocycles. The molecule has 0 aliphatic carbocycles. The van der Waals surface area contributed by atoms with Gasteiger partial charge in [-0.2, -0.15) is 0 Å². The van der Waals surface area contributed by atoms with Crippen LogP contribution in [0.1, 0.15) is 10.5 Å². The minimum Gasteiger partial charge on any atom is -0.345 e. The van der Waals surface area contributed by atoms with Crippen molar-refractivity contribution in [2.45, 2.75) is 0 Å². The minimum atomic E-state index is -0.494. The van der Waals surface area contributed by atoms with E-state index in [0.717, 1.165) is 9.08 Å². The second-order valence-corrected chi connectivity index (χ2v) is 3.61. The summed E-state index contributed by atoms with van der Waals surface area (Å²) in [6.45, 7) is 0. The monoisotopic (exact) mass is 285 g/mol. The van der Waals surface area contributed by atoms with Gasteiger partial charge in [-0.25, -0.2) is 0 Å². The van der Waals surface area contributed by atoms with Crippen LogP contribution in [0.15, 0.2) is 15.1 Å². The molecule has 0 unspecified atom stereocenters. The quantitative estimate of drug-likeness (QED) is 0.792. The van der Waals surface area contributed by atoms with E-state index in [1.807, 2.05) is 0 Å². The summed E-state index contributed by atoms with van der Waals surface area (Å²) >= 11 is 11.5. The number of halogens is 3. The van der Waals surface area contributed by atoms with Crippen molar-refractivity contribution >= 4 is 48.7 Å². The maximum atomic E-state index is 10.5. The molecular formula is C5H2Br2ClNO. The number of aromatic amines is 1. The zero-order chi connectivity index (χ0) is 7.72. The molecule has 1 aromatic heterocycles. The van der Waals surface area contributed by atoms with Gasteiger partial charge in [0.2, 0.25) is 0 Å². The highest BCUT2D eigenvalue weighted by atomic mass is 79.9. The largest absolute Gasteiger partial charge is 0.345 e. The van der Waals surface area contributed by atoms with Crippen LogP contribution >= 0.6 is 43.5 Å². The van der Waals surface area contributed by atoms with Gasteiger partial charge >= 0.3 is 0 Å². The third kappa shape index (κ3) is 1.62. The molecule has 0 bridgehead atoms. The number of carbonyl (C=O) groups is 1. The van der Waals surface area contributed by atoms with Crippen molar-refractivity contribution in [3.63, 3.8) is 0 Å². The van der Waals surface area contributed by atoms with Crippen molar-refractivity contribution in [1.82, 2.24) is 4.98 Å². The van der Waals surface area contributed by atoms with Crippen LogP contribution in [-0.2, 0) is 0 Å². The third-order valence-corrected chi connectivity index (χ3v) is 2.92. The first kappa shape index (κ1) is 8.30. The van der Waals surface area contributed by atoms with Crippen molar-refractivity contribution in [2.24, 2.45) is 0 Å². The first-order chi connectivity index (χ1) is 4.61. The summed E-state index contributed by atoms with van der Waals surface area (Å²) in [6.07, 6.45) is 0. The Morgan fingerprint density at radius 2 is 2.20 bits per heavy atom. The van der Waals surface area contributed by atoms with Gasteiger partial charge in [0.25, 0.3) is 5.24 Å². The van der Waals surface area contributed by atoms with Gasteiger partial charge in [0, 0.05) is 0 Å².